The van der Waals surface area contributed by atoms with Gasteiger partial charge in [0, 0.05) is 25.4 Å². The normalized spacial score (nSPS) is 19.3. The summed E-state index contributed by atoms with van der Waals surface area (Å²) in [6, 6.07) is 0. The van der Waals surface area contributed by atoms with Gasteiger partial charge in [0.05, 0.1) is 13.2 Å². The summed E-state index contributed by atoms with van der Waals surface area (Å²) in [7, 11) is 0. The highest BCUT2D eigenvalue weighted by atomic mass is 32.2. The van der Waals surface area contributed by atoms with Crippen LogP contribution < -0.4 is 5.73 Å². The van der Waals surface area contributed by atoms with Gasteiger partial charge in [0.25, 0.3) is 0 Å². The number of amidine groups is 1. The number of hydrogen-bond acceptors (Lipinski definition) is 4. The summed E-state index contributed by atoms with van der Waals surface area (Å²) in [5.74, 6) is 0.912. The Balaban J connectivity index is 2.01. The van der Waals surface area contributed by atoms with Crippen molar-refractivity contribution in [1.29, 1.82) is 5.41 Å². The number of hydrogen-bond donors (Lipinski definition) is 2. The lowest BCUT2D eigenvalue weighted by atomic mass is 10.4. The molecule has 1 heterocycles. The Morgan fingerprint density at radius 1 is 1.50 bits per heavy atom. The standard InChI is InChI=1S/C7H15N3OS/c8-7(9)12-6-3-10-1-4-11-5-2-10/h1-6H2,(H3,8,9). The summed E-state index contributed by atoms with van der Waals surface area (Å²) in [6.07, 6.45) is 0. The van der Waals surface area contributed by atoms with Crippen LogP contribution in [0.4, 0.5) is 0 Å². The van der Waals surface area contributed by atoms with E-state index in [1.54, 1.807) is 0 Å². The molecule has 1 fully saturated rings. The topological polar surface area (TPSA) is 62.3 Å². The molecule has 0 aliphatic carbocycles. The van der Waals surface area contributed by atoms with Crippen LogP contribution in [-0.2, 0) is 4.74 Å². The molecule has 0 bridgehead atoms. The van der Waals surface area contributed by atoms with Crippen LogP contribution in [-0.4, -0.2) is 48.7 Å². The molecule has 12 heavy (non-hydrogen) atoms. The molecular formula is C7H15N3OS. The van der Waals surface area contributed by atoms with Crippen molar-refractivity contribution in [1.82, 2.24) is 4.90 Å². The first-order valence-electron chi connectivity index (χ1n) is 4.06. The quantitative estimate of drug-likeness (QED) is 0.482. The summed E-state index contributed by atoms with van der Waals surface area (Å²) in [4.78, 5) is 2.33. The highest BCUT2D eigenvalue weighted by Crippen LogP contribution is 2.01. The minimum Gasteiger partial charge on any atom is -0.379 e. The van der Waals surface area contributed by atoms with E-state index in [2.05, 4.69) is 4.90 Å². The number of nitrogens with two attached hydrogens (primary N) is 1. The maximum Gasteiger partial charge on any atom is 0.151 e. The van der Waals surface area contributed by atoms with E-state index >= 15 is 0 Å². The minimum absolute atomic E-state index is 0.211. The molecule has 1 aliphatic heterocycles. The van der Waals surface area contributed by atoms with Gasteiger partial charge < -0.3 is 10.5 Å². The average molecular weight is 189 g/mol. The van der Waals surface area contributed by atoms with Gasteiger partial charge in [-0.25, -0.2) is 0 Å². The van der Waals surface area contributed by atoms with E-state index in [0.717, 1.165) is 38.6 Å². The second-order valence-corrected chi connectivity index (χ2v) is 3.80. The first-order valence-corrected chi connectivity index (χ1v) is 5.04. The summed E-state index contributed by atoms with van der Waals surface area (Å²) in [6.45, 7) is 4.71. The van der Waals surface area contributed by atoms with Gasteiger partial charge in [0.2, 0.25) is 0 Å². The Morgan fingerprint density at radius 2 is 2.17 bits per heavy atom. The zero-order valence-corrected chi connectivity index (χ0v) is 7.90. The van der Waals surface area contributed by atoms with Crippen molar-refractivity contribution in [2.75, 3.05) is 38.6 Å². The predicted octanol–water partition coefficient (Wildman–Crippen LogP) is -0.0547. The van der Waals surface area contributed by atoms with Gasteiger partial charge in [0.15, 0.2) is 5.17 Å². The number of thioether (sulfide) groups is 1. The van der Waals surface area contributed by atoms with Crippen LogP contribution >= 0.6 is 11.8 Å². The van der Waals surface area contributed by atoms with Gasteiger partial charge in [-0.2, -0.15) is 0 Å². The number of nitrogens with zero attached hydrogens (tertiary/aromatic N) is 1. The van der Waals surface area contributed by atoms with Crippen molar-refractivity contribution < 1.29 is 4.74 Å². The maximum atomic E-state index is 7.01. The molecule has 1 saturated heterocycles. The fraction of sp³-hybridized carbons (Fsp3) is 0.857. The smallest absolute Gasteiger partial charge is 0.151 e. The van der Waals surface area contributed by atoms with Crippen LogP contribution in [0, 0.1) is 5.41 Å². The third-order valence-corrected chi connectivity index (χ3v) is 2.47. The first kappa shape index (κ1) is 9.83. The molecule has 0 aromatic heterocycles. The largest absolute Gasteiger partial charge is 0.379 e. The van der Waals surface area contributed by atoms with Crippen molar-refractivity contribution >= 4 is 16.9 Å². The monoisotopic (exact) mass is 189 g/mol. The third-order valence-electron chi connectivity index (χ3n) is 1.77. The molecule has 0 atom stereocenters. The van der Waals surface area contributed by atoms with E-state index < -0.39 is 0 Å². The maximum absolute atomic E-state index is 7.01. The van der Waals surface area contributed by atoms with E-state index in [4.69, 9.17) is 15.9 Å². The Hall–Kier alpha value is -0.260. The first-order chi connectivity index (χ1) is 5.79. The van der Waals surface area contributed by atoms with E-state index in [0.29, 0.717) is 0 Å². The molecule has 0 aromatic rings. The van der Waals surface area contributed by atoms with Crippen LogP contribution in [0.1, 0.15) is 0 Å². The van der Waals surface area contributed by atoms with E-state index in [1.807, 2.05) is 0 Å². The van der Waals surface area contributed by atoms with Crippen molar-refractivity contribution in [3.05, 3.63) is 0 Å². The minimum atomic E-state index is 0.211. The number of morpholine rings is 1. The van der Waals surface area contributed by atoms with Gasteiger partial charge >= 0.3 is 0 Å². The SMILES string of the molecule is N=C(N)SCCN1CCOCC1. The van der Waals surface area contributed by atoms with Crippen molar-refractivity contribution in [3.63, 3.8) is 0 Å². The molecule has 0 amide bonds. The Bertz CT molecular complexity index is 148. The lowest BCUT2D eigenvalue weighted by Gasteiger charge is -2.26. The molecule has 0 radical (unpaired) electrons. The lowest BCUT2D eigenvalue weighted by molar-refractivity contribution is 0.0410. The molecule has 70 valence electrons. The molecule has 4 nitrogen and oxygen atoms in total. The predicted molar refractivity (Wildman–Crippen MR) is 51.6 cm³/mol. The van der Waals surface area contributed by atoms with Gasteiger partial charge in [-0.1, -0.05) is 11.8 Å². The van der Waals surface area contributed by atoms with E-state index in [9.17, 15) is 0 Å². The lowest BCUT2D eigenvalue weighted by Crippen LogP contribution is -2.37. The molecule has 1 rings (SSSR count). The molecular weight excluding hydrogens is 174 g/mol. The summed E-state index contributed by atoms with van der Waals surface area (Å²) >= 11 is 1.40. The molecule has 3 N–H and O–H groups in total. The van der Waals surface area contributed by atoms with Crippen LogP contribution in [0.5, 0.6) is 0 Å². The zero-order chi connectivity index (χ0) is 8.81. The second-order valence-electron chi connectivity index (χ2n) is 2.67. The average Bonchev–Trinajstić information content (AvgIpc) is 2.05. The highest BCUT2D eigenvalue weighted by molar-refractivity contribution is 8.13. The van der Waals surface area contributed by atoms with Gasteiger partial charge in [0.1, 0.15) is 0 Å². The number of nitrogens with one attached hydrogen (secondary N) is 1. The summed E-state index contributed by atoms with van der Waals surface area (Å²) in [5, 5.41) is 7.22. The molecule has 0 saturated carbocycles. The second kappa shape index (κ2) is 5.40. The van der Waals surface area contributed by atoms with E-state index in [-0.39, 0.29) is 5.17 Å². The molecule has 5 heteroatoms. The van der Waals surface area contributed by atoms with Gasteiger partial charge in [-0.05, 0) is 0 Å². The fourth-order valence-corrected chi connectivity index (χ4v) is 1.68. The number of ether oxygens (including phenoxy) is 1. The summed E-state index contributed by atoms with van der Waals surface area (Å²) in [5.41, 5.74) is 5.21. The van der Waals surface area contributed by atoms with Crippen LogP contribution in [0.15, 0.2) is 0 Å². The van der Waals surface area contributed by atoms with Gasteiger partial charge in [-0.15, -0.1) is 0 Å². The van der Waals surface area contributed by atoms with Crippen LogP contribution in [0.25, 0.3) is 0 Å². The Morgan fingerprint density at radius 3 is 2.75 bits per heavy atom. The molecule has 0 spiro atoms. The summed E-state index contributed by atoms with van der Waals surface area (Å²) < 4.78 is 5.21. The third kappa shape index (κ3) is 3.94. The molecule has 0 unspecified atom stereocenters. The zero-order valence-electron chi connectivity index (χ0n) is 7.08. The Kier molecular flexibility index (Phi) is 4.42. The molecule has 1 aliphatic rings. The Labute approximate surface area is 76.9 Å². The van der Waals surface area contributed by atoms with Crippen LogP contribution in [0.3, 0.4) is 0 Å². The fourth-order valence-electron chi connectivity index (χ4n) is 1.11. The van der Waals surface area contributed by atoms with Crippen molar-refractivity contribution in [2.24, 2.45) is 5.73 Å². The number of rotatable bonds is 3. The van der Waals surface area contributed by atoms with Crippen molar-refractivity contribution in [3.8, 4) is 0 Å². The van der Waals surface area contributed by atoms with Gasteiger partial charge in [-0.3, -0.25) is 10.3 Å². The van der Waals surface area contributed by atoms with Crippen LogP contribution in [0.2, 0.25) is 0 Å². The molecule has 0 aromatic carbocycles. The highest BCUT2D eigenvalue weighted by Gasteiger charge is 2.09. The van der Waals surface area contributed by atoms with Crippen molar-refractivity contribution in [2.45, 2.75) is 0 Å². The van der Waals surface area contributed by atoms with E-state index in [1.165, 1.54) is 11.8 Å².